The molecule has 0 unspecified atom stereocenters. The van der Waals surface area contributed by atoms with E-state index in [0.29, 0.717) is 16.5 Å². The fourth-order valence-corrected chi connectivity index (χ4v) is 2.07. The number of amides is 1. The van der Waals surface area contributed by atoms with Crippen molar-refractivity contribution in [2.45, 2.75) is 6.92 Å². The molecule has 2 N–H and O–H groups in total. The Morgan fingerprint density at radius 3 is 2.75 bits per heavy atom. The van der Waals surface area contributed by atoms with Crippen molar-refractivity contribution < 1.29 is 18.8 Å². The van der Waals surface area contributed by atoms with Crippen LogP contribution in [0.3, 0.4) is 0 Å². The Labute approximate surface area is 134 Å². The Morgan fingerprint density at radius 1 is 1.29 bits per heavy atom. The van der Waals surface area contributed by atoms with Crippen LogP contribution in [0, 0.1) is 6.92 Å². The number of nitrogens with zero attached hydrogens (tertiary/aromatic N) is 2. The summed E-state index contributed by atoms with van der Waals surface area (Å²) in [7, 11) is 0. The summed E-state index contributed by atoms with van der Waals surface area (Å²) in [6.45, 7) is 1.15. The molecule has 2 heterocycles. The highest BCUT2D eigenvalue weighted by molar-refractivity contribution is 6.03. The van der Waals surface area contributed by atoms with E-state index in [2.05, 4.69) is 20.7 Å². The molecule has 9 heteroatoms. The van der Waals surface area contributed by atoms with Crippen LogP contribution < -0.4 is 10.9 Å². The third-order valence-electron chi connectivity index (χ3n) is 3.12. The maximum absolute atomic E-state index is 12.1. The number of benzene rings is 1. The van der Waals surface area contributed by atoms with Gasteiger partial charge in [-0.1, -0.05) is 23.4 Å². The van der Waals surface area contributed by atoms with E-state index >= 15 is 0 Å². The Bertz CT molecular complexity index is 975. The summed E-state index contributed by atoms with van der Waals surface area (Å²) in [6, 6.07) is 8.00. The number of anilines is 1. The molecule has 0 saturated carbocycles. The summed E-state index contributed by atoms with van der Waals surface area (Å²) < 4.78 is 9.73. The Kier molecular flexibility index (Phi) is 4.06. The maximum atomic E-state index is 12.1. The van der Waals surface area contributed by atoms with Crippen LogP contribution in [0.4, 0.5) is 5.82 Å². The minimum Gasteiger partial charge on any atom is -0.451 e. The monoisotopic (exact) mass is 328 g/mol. The first-order valence-corrected chi connectivity index (χ1v) is 6.92. The molecule has 122 valence electrons. The van der Waals surface area contributed by atoms with E-state index in [1.807, 2.05) is 0 Å². The fraction of sp³-hybridized carbons (Fsp3) is 0.133. The number of aromatic nitrogens is 3. The fourth-order valence-electron chi connectivity index (χ4n) is 2.07. The Hall–Kier alpha value is -3.49. The van der Waals surface area contributed by atoms with Crippen LogP contribution in [-0.4, -0.2) is 33.8 Å². The van der Waals surface area contributed by atoms with Gasteiger partial charge in [0.2, 0.25) is 0 Å². The van der Waals surface area contributed by atoms with Crippen molar-refractivity contribution in [3.05, 3.63) is 52.1 Å². The maximum Gasteiger partial charge on any atom is 0.359 e. The number of esters is 1. The van der Waals surface area contributed by atoms with Gasteiger partial charge in [0.25, 0.3) is 11.5 Å². The summed E-state index contributed by atoms with van der Waals surface area (Å²) in [5.74, 6) is -0.647. The molecule has 9 nitrogen and oxygen atoms in total. The van der Waals surface area contributed by atoms with Gasteiger partial charge in [0.15, 0.2) is 18.1 Å². The zero-order valence-corrected chi connectivity index (χ0v) is 12.5. The van der Waals surface area contributed by atoms with Crippen molar-refractivity contribution in [1.82, 2.24) is 15.4 Å². The number of carbonyl (C=O) groups excluding carboxylic acids is 2. The Balaban J connectivity index is 1.70. The molecular formula is C15H12N4O5. The number of carbonyl (C=O) groups is 2. The second-order valence-corrected chi connectivity index (χ2v) is 4.89. The van der Waals surface area contributed by atoms with E-state index in [1.165, 1.54) is 6.07 Å². The topological polar surface area (TPSA) is 127 Å². The number of fused-ring (bicyclic) bond motifs is 1. The molecule has 0 aliphatic carbocycles. The van der Waals surface area contributed by atoms with Crippen molar-refractivity contribution in [3.63, 3.8) is 0 Å². The van der Waals surface area contributed by atoms with Gasteiger partial charge in [-0.05, 0) is 13.0 Å². The zero-order chi connectivity index (χ0) is 17.1. The first-order chi connectivity index (χ1) is 11.5. The first-order valence-electron chi connectivity index (χ1n) is 6.92. The lowest BCUT2D eigenvalue weighted by atomic mass is 10.1. The standard InChI is InChI=1S/C15H12N4O5/c1-8-6-11(19-24-8)16-12(20)7-23-15(22)13-9-4-2-3-5-10(9)14(21)18-17-13/h2-6H,7H2,1H3,(H,18,21)(H,16,19,20). The van der Waals surface area contributed by atoms with Gasteiger partial charge in [-0.25, -0.2) is 9.89 Å². The van der Waals surface area contributed by atoms with Crippen molar-refractivity contribution in [1.29, 1.82) is 0 Å². The van der Waals surface area contributed by atoms with Crippen molar-refractivity contribution in [3.8, 4) is 0 Å². The molecule has 0 atom stereocenters. The number of nitrogens with one attached hydrogen (secondary N) is 2. The lowest BCUT2D eigenvalue weighted by Crippen LogP contribution is -2.22. The van der Waals surface area contributed by atoms with Gasteiger partial charge >= 0.3 is 5.97 Å². The number of aromatic amines is 1. The smallest absolute Gasteiger partial charge is 0.359 e. The molecule has 0 saturated heterocycles. The van der Waals surface area contributed by atoms with Gasteiger partial charge in [-0.3, -0.25) is 9.59 Å². The SMILES string of the molecule is Cc1cc(NC(=O)COC(=O)c2n[nH]c(=O)c3ccccc23)no1. The summed E-state index contributed by atoms with van der Waals surface area (Å²) >= 11 is 0. The normalized spacial score (nSPS) is 10.5. The van der Waals surface area contributed by atoms with E-state index in [0.717, 1.165) is 0 Å². The largest absolute Gasteiger partial charge is 0.451 e. The third kappa shape index (κ3) is 3.14. The molecule has 0 spiro atoms. The molecule has 0 fully saturated rings. The molecule has 3 aromatic rings. The van der Waals surface area contributed by atoms with Crippen LogP contribution in [0.25, 0.3) is 10.8 Å². The quantitative estimate of drug-likeness (QED) is 0.684. The van der Waals surface area contributed by atoms with Crippen LogP contribution in [0.2, 0.25) is 0 Å². The van der Waals surface area contributed by atoms with E-state index in [-0.39, 0.29) is 11.5 Å². The van der Waals surface area contributed by atoms with E-state index in [4.69, 9.17) is 9.26 Å². The third-order valence-corrected chi connectivity index (χ3v) is 3.12. The van der Waals surface area contributed by atoms with E-state index in [1.54, 1.807) is 31.2 Å². The minimum atomic E-state index is -0.825. The second kappa shape index (κ2) is 6.32. The zero-order valence-electron chi connectivity index (χ0n) is 12.5. The number of hydrogen-bond acceptors (Lipinski definition) is 7. The van der Waals surface area contributed by atoms with Gasteiger partial charge < -0.3 is 14.6 Å². The molecule has 1 aromatic carbocycles. The highest BCUT2D eigenvalue weighted by Gasteiger charge is 2.17. The lowest BCUT2D eigenvalue weighted by molar-refractivity contribution is -0.119. The molecule has 0 aliphatic rings. The summed E-state index contributed by atoms with van der Waals surface area (Å²) in [4.78, 5) is 35.5. The number of rotatable bonds is 4. The Morgan fingerprint density at radius 2 is 2.04 bits per heavy atom. The predicted octanol–water partition coefficient (Wildman–Crippen LogP) is 1.02. The molecule has 2 aromatic heterocycles. The van der Waals surface area contributed by atoms with Crippen LogP contribution in [0.1, 0.15) is 16.2 Å². The number of ether oxygens (including phenoxy) is 1. The average Bonchev–Trinajstić information content (AvgIpc) is 2.98. The molecule has 24 heavy (non-hydrogen) atoms. The van der Waals surface area contributed by atoms with Gasteiger partial charge in [-0.15, -0.1) is 0 Å². The minimum absolute atomic E-state index is 0.0738. The van der Waals surface area contributed by atoms with Crippen molar-refractivity contribution >= 4 is 28.5 Å². The van der Waals surface area contributed by atoms with E-state index in [9.17, 15) is 14.4 Å². The van der Waals surface area contributed by atoms with Gasteiger partial charge in [0, 0.05) is 11.5 Å². The first kappa shape index (κ1) is 15.4. The molecule has 3 rings (SSSR count). The summed E-state index contributed by atoms with van der Waals surface area (Å²) in [5, 5.41) is 12.6. The van der Waals surface area contributed by atoms with Gasteiger partial charge in [0.05, 0.1) is 5.39 Å². The van der Waals surface area contributed by atoms with Crippen LogP contribution >= 0.6 is 0 Å². The molecule has 1 amide bonds. The van der Waals surface area contributed by atoms with Gasteiger partial charge in [0.1, 0.15) is 5.76 Å². The molecule has 0 radical (unpaired) electrons. The number of H-pyrrole nitrogens is 1. The molecular weight excluding hydrogens is 316 g/mol. The average molecular weight is 328 g/mol. The highest BCUT2D eigenvalue weighted by atomic mass is 16.5. The molecule has 0 aliphatic heterocycles. The van der Waals surface area contributed by atoms with Crippen LogP contribution in [0.15, 0.2) is 39.6 Å². The lowest BCUT2D eigenvalue weighted by Gasteiger charge is -2.06. The highest BCUT2D eigenvalue weighted by Crippen LogP contribution is 2.13. The number of aryl methyl sites for hydroxylation is 1. The van der Waals surface area contributed by atoms with Crippen molar-refractivity contribution in [2.24, 2.45) is 0 Å². The summed E-state index contributed by atoms with van der Waals surface area (Å²) in [6.07, 6.45) is 0. The van der Waals surface area contributed by atoms with Crippen LogP contribution in [0.5, 0.6) is 0 Å². The second-order valence-electron chi connectivity index (χ2n) is 4.89. The van der Waals surface area contributed by atoms with Gasteiger partial charge in [-0.2, -0.15) is 5.10 Å². The predicted molar refractivity (Wildman–Crippen MR) is 82.5 cm³/mol. The van der Waals surface area contributed by atoms with Crippen LogP contribution in [-0.2, 0) is 9.53 Å². The molecule has 0 bridgehead atoms. The van der Waals surface area contributed by atoms with Crippen molar-refractivity contribution in [2.75, 3.05) is 11.9 Å². The van der Waals surface area contributed by atoms with E-state index < -0.39 is 24.0 Å². The summed E-state index contributed by atoms with van der Waals surface area (Å²) in [5.41, 5.74) is -0.489. The number of hydrogen-bond donors (Lipinski definition) is 2.